The molecule has 1 atom stereocenters. The number of benzene rings is 3. The Hall–Kier alpha value is -4.03. The third-order valence-electron chi connectivity index (χ3n) is 7.18. The predicted octanol–water partition coefficient (Wildman–Crippen LogP) is 4.93. The fraction of sp³-hybridized carbons (Fsp3) is 0.267. The number of oxime groups is 1. The molecule has 0 radical (unpaired) electrons. The van der Waals surface area contributed by atoms with Gasteiger partial charge in [-0.15, -0.1) is 5.16 Å². The molecule has 1 unspecified atom stereocenters. The van der Waals surface area contributed by atoms with E-state index in [4.69, 9.17) is 28.8 Å². The molecule has 1 aromatic heterocycles. The largest absolute Gasteiger partial charge is 0.492 e. The molecule has 214 valence electrons. The molecular formula is C30H31N3O7S. The van der Waals surface area contributed by atoms with Crippen molar-refractivity contribution in [3.8, 4) is 28.3 Å². The Bertz CT molecular complexity index is 1600. The zero-order chi connectivity index (χ0) is 28.9. The number of hydrogen-bond acceptors (Lipinski definition) is 9. The lowest BCUT2D eigenvalue weighted by molar-refractivity contribution is -0.0948. The summed E-state index contributed by atoms with van der Waals surface area (Å²) in [6.07, 6.45) is 2.78. The van der Waals surface area contributed by atoms with Gasteiger partial charge < -0.3 is 23.8 Å². The van der Waals surface area contributed by atoms with Crippen LogP contribution in [0, 0.1) is 0 Å². The first kappa shape index (κ1) is 28.5. The van der Waals surface area contributed by atoms with Crippen molar-refractivity contribution in [2.24, 2.45) is 10.3 Å². The lowest BCUT2D eigenvalue weighted by atomic mass is 9.86. The third kappa shape index (κ3) is 6.33. The van der Waals surface area contributed by atoms with Crippen molar-refractivity contribution in [1.82, 2.24) is 4.98 Å². The molecule has 11 heteroatoms. The maximum atomic E-state index is 11.7. The lowest BCUT2D eigenvalue weighted by Crippen LogP contribution is -2.35. The minimum Gasteiger partial charge on any atom is -0.492 e. The molecule has 0 bridgehead atoms. The Morgan fingerprint density at radius 2 is 1.78 bits per heavy atom. The number of methoxy groups -OCH3 is 1. The van der Waals surface area contributed by atoms with Crippen LogP contribution in [0.3, 0.4) is 0 Å². The number of ether oxygens (including phenoxy) is 3. The molecule has 0 amide bonds. The van der Waals surface area contributed by atoms with Crippen LogP contribution in [0.2, 0.25) is 0 Å². The van der Waals surface area contributed by atoms with Crippen LogP contribution in [0.5, 0.6) is 5.75 Å². The molecule has 1 aliphatic heterocycles. The first-order valence-electron chi connectivity index (χ1n) is 13.1. The lowest BCUT2D eigenvalue weighted by Gasteiger charge is -2.36. The van der Waals surface area contributed by atoms with Gasteiger partial charge in [-0.05, 0) is 42.0 Å². The molecule has 1 saturated heterocycles. The van der Waals surface area contributed by atoms with Gasteiger partial charge in [-0.25, -0.2) is 18.5 Å². The highest BCUT2D eigenvalue weighted by Gasteiger charge is 2.34. The summed E-state index contributed by atoms with van der Waals surface area (Å²) in [5, 5.41) is 17.9. The van der Waals surface area contributed by atoms with Crippen molar-refractivity contribution in [2.45, 2.75) is 29.3 Å². The molecule has 5 rings (SSSR count). The van der Waals surface area contributed by atoms with Crippen molar-refractivity contribution in [3.63, 3.8) is 0 Å². The molecule has 0 aliphatic carbocycles. The molecule has 3 N–H and O–H groups in total. The molecule has 3 aromatic carbocycles. The summed E-state index contributed by atoms with van der Waals surface area (Å²) >= 11 is 0. The first-order valence-corrected chi connectivity index (χ1v) is 14.6. The summed E-state index contributed by atoms with van der Waals surface area (Å²) in [6, 6.07) is 23.2. The Balaban J connectivity index is 1.45. The molecule has 4 aromatic rings. The van der Waals surface area contributed by atoms with E-state index in [1.54, 1.807) is 19.2 Å². The second-order valence-electron chi connectivity index (χ2n) is 9.69. The van der Waals surface area contributed by atoms with Crippen LogP contribution in [-0.2, 0) is 25.1 Å². The van der Waals surface area contributed by atoms with Crippen LogP contribution in [-0.4, -0.2) is 51.8 Å². The van der Waals surface area contributed by atoms with Gasteiger partial charge in [0.05, 0.1) is 16.7 Å². The van der Waals surface area contributed by atoms with Crippen molar-refractivity contribution < 1.29 is 32.3 Å². The Morgan fingerprint density at radius 1 is 1.05 bits per heavy atom. The number of oxazole rings is 1. The number of sulfonamides is 1. The summed E-state index contributed by atoms with van der Waals surface area (Å²) in [6.45, 7) is 1.32. The zero-order valence-electron chi connectivity index (χ0n) is 22.5. The summed E-state index contributed by atoms with van der Waals surface area (Å²) in [5.74, 6) is 0.673. The second kappa shape index (κ2) is 12.2. The zero-order valence-corrected chi connectivity index (χ0v) is 23.3. The average molecular weight is 578 g/mol. The smallest absolute Gasteiger partial charge is 0.238 e. The van der Waals surface area contributed by atoms with Crippen molar-refractivity contribution in [2.75, 3.05) is 26.9 Å². The number of nitrogens with zero attached hydrogens (tertiary/aromatic N) is 2. The fourth-order valence-corrected chi connectivity index (χ4v) is 5.42. The number of rotatable bonds is 10. The van der Waals surface area contributed by atoms with Crippen molar-refractivity contribution in [1.29, 1.82) is 0 Å². The molecule has 0 spiro atoms. The molecule has 1 fully saturated rings. The van der Waals surface area contributed by atoms with Gasteiger partial charge in [0.25, 0.3) is 0 Å². The first-order chi connectivity index (χ1) is 19.8. The van der Waals surface area contributed by atoms with E-state index < -0.39 is 21.5 Å². The van der Waals surface area contributed by atoms with Gasteiger partial charge in [-0.1, -0.05) is 42.5 Å². The number of hydrogen-bond donors (Lipinski definition) is 2. The van der Waals surface area contributed by atoms with E-state index in [0.717, 1.165) is 24.0 Å². The number of primary sulfonamides is 1. The van der Waals surface area contributed by atoms with Crippen molar-refractivity contribution in [3.05, 3.63) is 90.3 Å². The van der Waals surface area contributed by atoms with Crippen LogP contribution in [0.4, 0.5) is 0 Å². The summed E-state index contributed by atoms with van der Waals surface area (Å²) in [4.78, 5) is 4.73. The maximum absolute atomic E-state index is 11.7. The van der Waals surface area contributed by atoms with E-state index in [1.807, 2.05) is 54.6 Å². The van der Waals surface area contributed by atoms with Gasteiger partial charge in [-0.2, -0.15) is 0 Å². The van der Waals surface area contributed by atoms with Crippen molar-refractivity contribution >= 4 is 16.2 Å². The van der Waals surface area contributed by atoms with Crippen LogP contribution < -0.4 is 9.88 Å². The highest BCUT2D eigenvalue weighted by atomic mass is 32.2. The topological polar surface area (TPSA) is 146 Å². The number of aromatic nitrogens is 1. The normalized spacial score (nSPS) is 16.0. The highest BCUT2D eigenvalue weighted by Crippen LogP contribution is 2.38. The molecule has 1 aliphatic rings. The van der Waals surface area contributed by atoms with E-state index in [0.29, 0.717) is 36.0 Å². The van der Waals surface area contributed by atoms with Gasteiger partial charge in [0.15, 0.2) is 5.76 Å². The molecule has 0 saturated carbocycles. The third-order valence-corrected chi connectivity index (χ3v) is 8.11. The highest BCUT2D eigenvalue weighted by molar-refractivity contribution is 7.89. The SMILES string of the molecule is COC1(c2cccc(OCC(/C=N/O)c3nc(-c4ccccc4)c(-c4ccc(S(N)(=O)=O)cc4)o3)c2)CCOCC1. The molecule has 41 heavy (non-hydrogen) atoms. The molecular weight excluding hydrogens is 546 g/mol. The van der Waals surface area contributed by atoms with Gasteiger partial charge in [-0.3, -0.25) is 0 Å². The molecule has 2 heterocycles. The fourth-order valence-electron chi connectivity index (χ4n) is 4.90. The van der Waals surface area contributed by atoms with Gasteiger partial charge in [0.1, 0.15) is 24.0 Å². The maximum Gasteiger partial charge on any atom is 0.238 e. The molecule has 10 nitrogen and oxygen atoms in total. The number of nitrogens with two attached hydrogens (primary N) is 1. The minimum absolute atomic E-state index is 0.0147. The van der Waals surface area contributed by atoms with Crippen LogP contribution in [0.25, 0.3) is 22.6 Å². The minimum atomic E-state index is -3.85. The quantitative estimate of drug-likeness (QED) is 0.153. The predicted molar refractivity (Wildman–Crippen MR) is 152 cm³/mol. The van der Waals surface area contributed by atoms with Gasteiger partial charge in [0, 0.05) is 44.3 Å². The van der Waals surface area contributed by atoms with Gasteiger partial charge >= 0.3 is 0 Å². The van der Waals surface area contributed by atoms with E-state index in [-0.39, 0.29) is 17.4 Å². The van der Waals surface area contributed by atoms with Crippen LogP contribution >= 0.6 is 0 Å². The van der Waals surface area contributed by atoms with E-state index in [9.17, 15) is 13.6 Å². The van der Waals surface area contributed by atoms with E-state index in [2.05, 4.69) is 5.16 Å². The second-order valence-corrected chi connectivity index (χ2v) is 11.2. The van der Waals surface area contributed by atoms with Gasteiger partial charge in [0.2, 0.25) is 15.9 Å². The standard InChI is InChI=1S/C30H31N3O7S/c1-37-30(14-16-38-17-15-30)24-8-5-9-25(18-24)39-20-23(19-32-34)29-33-27(21-6-3-2-4-7-21)28(40-29)22-10-12-26(13-11-22)41(31,35)36/h2-13,18-19,23,34H,14-17,20H2,1H3,(H2,31,35,36)/b32-19+. The van der Waals surface area contributed by atoms with Crippen LogP contribution in [0.1, 0.15) is 30.2 Å². The van der Waals surface area contributed by atoms with Crippen LogP contribution in [0.15, 0.2) is 93.3 Å². The Labute approximate surface area is 238 Å². The Kier molecular flexibility index (Phi) is 8.50. The van der Waals surface area contributed by atoms with E-state index >= 15 is 0 Å². The monoisotopic (exact) mass is 577 g/mol. The summed E-state index contributed by atoms with van der Waals surface area (Å²) in [5.41, 5.74) is 2.50. The van der Waals surface area contributed by atoms with E-state index in [1.165, 1.54) is 18.3 Å². The Morgan fingerprint density at radius 3 is 2.44 bits per heavy atom. The summed E-state index contributed by atoms with van der Waals surface area (Å²) in [7, 11) is -2.14. The summed E-state index contributed by atoms with van der Waals surface area (Å²) < 4.78 is 47.3. The average Bonchev–Trinajstić information content (AvgIpc) is 3.45.